The number of benzene rings is 1. The molecule has 2 aromatic heterocycles. The summed E-state index contributed by atoms with van der Waals surface area (Å²) < 4.78 is 0. The lowest BCUT2D eigenvalue weighted by atomic mass is 9.75. The molecule has 0 amide bonds. The summed E-state index contributed by atoms with van der Waals surface area (Å²) in [5.74, 6) is 0. The van der Waals surface area contributed by atoms with Crippen molar-refractivity contribution in [3.05, 3.63) is 66.4 Å². The average Bonchev–Trinajstić information content (AvgIpc) is 2.61. The Kier molecular flexibility index (Phi) is 4.70. The summed E-state index contributed by atoms with van der Waals surface area (Å²) in [6.07, 6.45) is 1.74. The van der Waals surface area contributed by atoms with Crippen LogP contribution in [-0.2, 0) is 5.41 Å². The molecular formula is C20H21BN2O2. The van der Waals surface area contributed by atoms with Crippen LogP contribution in [0.25, 0.3) is 22.6 Å². The van der Waals surface area contributed by atoms with E-state index in [1.807, 2.05) is 42.5 Å². The van der Waals surface area contributed by atoms with E-state index in [0.717, 1.165) is 28.2 Å². The van der Waals surface area contributed by atoms with Crippen LogP contribution in [0.4, 0.5) is 0 Å². The molecule has 2 N–H and O–H groups in total. The molecule has 0 radical (unpaired) electrons. The first kappa shape index (κ1) is 17.3. The molecule has 5 heteroatoms. The summed E-state index contributed by atoms with van der Waals surface area (Å²) in [5.41, 5.74) is 4.59. The molecule has 2 heterocycles. The molecule has 0 saturated heterocycles. The van der Waals surface area contributed by atoms with E-state index in [2.05, 4.69) is 31.8 Å². The number of nitrogens with zero attached hydrogens (tertiary/aromatic N) is 2. The van der Waals surface area contributed by atoms with Crippen LogP contribution in [-0.4, -0.2) is 27.1 Å². The maximum Gasteiger partial charge on any atom is 0.488 e. The highest BCUT2D eigenvalue weighted by atomic mass is 16.4. The second-order valence-corrected chi connectivity index (χ2v) is 7.09. The summed E-state index contributed by atoms with van der Waals surface area (Å²) in [6.45, 7) is 6.28. The lowest BCUT2D eigenvalue weighted by Crippen LogP contribution is -2.31. The van der Waals surface area contributed by atoms with Crippen molar-refractivity contribution in [1.29, 1.82) is 0 Å². The van der Waals surface area contributed by atoms with Gasteiger partial charge in [-0.25, -0.2) is 4.98 Å². The number of hydrogen-bond donors (Lipinski definition) is 2. The van der Waals surface area contributed by atoms with Crippen LogP contribution in [0.5, 0.6) is 0 Å². The van der Waals surface area contributed by atoms with Crippen molar-refractivity contribution in [3.63, 3.8) is 0 Å². The molecule has 0 unspecified atom stereocenters. The molecule has 4 nitrogen and oxygen atoms in total. The number of aromatic nitrogens is 2. The van der Waals surface area contributed by atoms with Crippen molar-refractivity contribution in [2.75, 3.05) is 0 Å². The third-order valence-electron chi connectivity index (χ3n) is 4.09. The van der Waals surface area contributed by atoms with Gasteiger partial charge in [-0.15, -0.1) is 0 Å². The van der Waals surface area contributed by atoms with Crippen LogP contribution in [0.3, 0.4) is 0 Å². The van der Waals surface area contributed by atoms with E-state index < -0.39 is 7.12 Å². The maximum atomic E-state index is 9.64. The molecule has 0 fully saturated rings. The Bertz CT molecular complexity index is 874. The van der Waals surface area contributed by atoms with E-state index in [1.54, 1.807) is 12.3 Å². The molecule has 3 rings (SSSR count). The van der Waals surface area contributed by atoms with Crippen molar-refractivity contribution < 1.29 is 10.0 Å². The Morgan fingerprint density at radius 1 is 0.840 bits per heavy atom. The third kappa shape index (κ3) is 3.95. The fourth-order valence-corrected chi connectivity index (χ4v) is 2.63. The second kappa shape index (κ2) is 6.79. The van der Waals surface area contributed by atoms with E-state index in [4.69, 9.17) is 4.98 Å². The van der Waals surface area contributed by atoms with Crippen molar-refractivity contribution >= 4 is 12.6 Å². The Morgan fingerprint density at radius 2 is 1.56 bits per heavy atom. The van der Waals surface area contributed by atoms with E-state index in [1.165, 1.54) is 0 Å². The van der Waals surface area contributed by atoms with Crippen LogP contribution in [0.1, 0.15) is 26.3 Å². The van der Waals surface area contributed by atoms with Gasteiger partial charge in [-0.2, -0.15) is 0 Å². The molecule has 0 bridgehead atoms. The second-order valence-electron chi connectivity index (χ2n) is 7.09. The topological polar surface area (TPSA) is 66.2 Å². The SMILES string of the molecule is CC(C)(C)c1cc(B(O)O)cc(-c2cccc(-c3ccccn3)n2)c1. The van der Waals surface area contributed by atoms with E-state index in [0.29, 0.717) is 5.46 Å². The van der Waals surface area contributed by atoms with E-state index in [-0.39, 0.29) is 5.41 Å². The van der Waals surface area contributed by atoms with Gasteiger partial charge >= 0.3 is 7.12 Å². The first-order valence-corrected chi connectivity index (χ1v) is 8.25. The molecule has 0 saturated carbocycles. The molecule has 126 valence electrons. The molecule has 0 aliphatic heterocycles. The lowest BCUT2D eigenvalue weighted by molar-refractivity contribution is 0.425. The number of rotatable bonds is 3. The predicted molar refractivity (Wildman–Crippen MR) is 101 cm³/mol. The van der Waals surface area contributed by atoms with Gasteiger partial charge in [0.1, 0.15) is 0 Å². The van der Waals surface area contributed by atoms with Crippen molar-refractivity contribution in [2.45, 2.75) is 26.2 Å². The monoisotopic (exact) mass is 332 g/mol. The van der Waals surface area contributed by atoms with Crippen LogP contribution in [0.15, 0.2) is 60.8 Å². The Labute approximate surface area is 148 Å². The van der Waals surface area contributed by atoms with Crippen molar-refractivity contribution in [1.82, 2.24) is 9.97 Å². The fourth-order valence-electron chi connectivity index (χ4n) is 2.63. The molecule has 0 spiro atoms. The van der Waals surface area contributed by atoms with Gasteiger partial charge in [0.2, 0.25) is 0 Å². The molecule has 0 aliphatic carbocycles. The predicted octanol–water partition coefficient (Wildman–Crippen LogP) is 2.79. The van der Waals surface area contributed by atoms with Crippen LogP contribution in [0, 0.1) is 0 Å². The zero-order valence-electron chi connectivity index (χ0n) is 14.6. The van der Waals surface area contributed by atoms with Gasteiger partial charge in [0.05, 0.1) is 17.1 Å². The number of pyridine rings is 2. The van der Waals surface area contributed by atoms with Gasteiger partial charge in [-0.1, -0.05) is 45.0 Å². The normalized spacial score (nSPS) is 11.4. The zero-order valence-corrected chi connectivity index (χ0v) is 14.6. The molecule has 0 atom stereocenters. The summed E-state index contributed by atoms with van der Waals surface area (Å²) in [5, 5.41) is 19.3. The maximum absolute atomic E-state index is 9.64. The van der Waals surface area contributed by atoms with E-state index in [9.17, 15) is 10.0 Å². The fraction of sp³-hybridized carbons (Fsp3) is 0.200. The summed E-state index contributed by atoms with van der Waals surface area (Å²) in [6, 6.07) is 17.1. The van der Waals surface area contributed by atoms with Gasteiger partial charge in [0.15, 0.2) is 0 Å². The highest BCUT2D eigenvalue weighted by Gasteiger charge is 2.20. The minimum Gasteiger partial charge on any atom is -0.423 e. The van der Waals surface area contributed by atoms with Crippen molar-refractivity contribution in [3.8, 4) is 22.6 Å². The van der Waals surface area contributed by atoms with Crippen LogP contribution >= 0.6 is 0 Å². The first-order valence-electron chi connectivity index (χ1n) is 8.25. The van der Waals surface area contributed by atoms with E-state index >= 15 is 0 Å². The quantitative estimate of drug-likeness (QED) is 0.724. The lowest BCUT2D eigenvalue weighted by Gasteiger charge is -2.21. The Balaban J connectivity index is 2.12. The average molecular weight is 332 g/mol. The smallest absolute Gasteiger partial charge is 0.423 e. The van der Waals surface area contributed by atoms with Gasteiger partial charge in [-0.3, -0.25) is 4.98 Å². The van der Waals surface area contributed by atoms with Gasteiger partial charge in [0.25, 0.3) is 0 Å². The largest absolute Gasteiger partial charge is 0.488 e. The Hall–Kier alpha value is -2.50. The first-order chi connectivity index (χ1) is 11.8. The summed E-state index contributed by atoms with van der Waals surface area (Å²) >= 11 is 0. The molecule has 25 heavy (non-hydrogen) atoms. The summed E-state index contributed by atoms with van der Waals surface area (Å²) in [4.78, 5) is 9.05. The van der Waals surface area contributed by atoms with Crippen LogP contribution < -0.4 is 5.46 Å². The standard InChI is InChI=1S/C20H21BN2O2/c1-20(2,3)15-11-14(12-16(13-15)21(24)25)17-8-6-9-19(23-17)18-7-4-5-10-22-18/h4-13,24-25H,1-3H3. The highest BCUT2D eigenvalue weighted by Crippen LogP contribution is 2.27. The molecule has 0 aliphatic rings. The minimum atomic E-state index is -1.51. The van der Waals surface area contributed by atoms with Gasteiger partial charge < -0.3 is 10.0 Å². The van der Waals surface area contributed by atoms with Crippen molar-refractivity contribution in [2.24, 2.45) is 0 Å². The molecule has 1 aromatic carbocycles. The number of hydrogen-bond acceptors (Lipinski definition) is 4. The highest BCUT2D eigenvalue weighted by molar-refractivity contribution is 6.58. The van der Waals surface area contributed by atoms with Gasteiger partial charge in [-0.05, 0) is 46.8 Å². The molecular weight excluding hydrogens is 311 g/mol. The molecule has 3 aromatic rings. The van der Waals surface area contributed by atoms with Gasteiger partial charge in [0, 0.05) is 11.8 Å². The minimum absolute atomic E-state index is 0.113. The Morgan fingerprint density at radius 3 is 2.20 bits per heavy atom. The zero-order chi connectivity index (χ0) is 18.0. The summed E-state index contributed by atoms with van der Waals surface area (Å²) in [7, 11) is -1.51. The van der Waals surface area contributed by atoms with Crippen LogP contribution in [0.2, 0.25) is 0 Å². The third-order valence-corrected chi connectivity index (χ3v) is 4.09.